The summed E-state index contributed by atoms with van der Waals surface area (Å²) in [4.78, 5) is 4.61. The van der Waals surface area contributed by atoms with E-state index < -0.39 is 0 Å². The van der Waals surface area contributed by atoms with Crippen LogP contribution in [0.2, 0.25) is 0 Å². The summed E-state index contributed by atoms with van der Waals surface area (Å²) in [5.41, 5.74) is 8.50. The minimum absolute atomic E-state index is 0.773. The van der Waals surface area contributed by atoms with Gasteiger partial charge in [-0.3, -0.25) is 0 Å². The molecule has 0 aliphatic rings. The molecule has 1 N–H and O–H groups in total. The van der Waals surface area contributed by atoms with Crippen molar-refractivity contribution in [3.63, 3.8) is 0 Å². The summed E-state index contributed by atoms with van der Waals surface area (Å²) in [7, 11) is 0. The highest BCUT2D eigenvalue weighted by Crippen LogP contribution is 2.19. The van der Waals surface area contributed by atoms with Crippen LogP contribution in [-0.2, 0) is 6.54 Å². The molecule has 1 aromatic heterocycles. The van der Waals surface area contributed by atoms with E-state index in [2.05, 4.69) is 64.3 Å². The van der Waals surface area contributed by atoms with Crippen LogP contribution in [0.1, 0.15) is 25.0 Å². The van der Waals surface area contributed by atoms with Gasteiger partial charge >= 0.3 is 0 Å². The second kappa shape index (κ2) is 6.02. The number of hydrogen-bond acceptors (Lipinski definition) is 3. The predicted octanol–water partition coefficient (Wildman–Crippen LogP) is 4.20. The maximum atomic E-state index is 4.61. The normalized spacial score (nSPS) is 11.9. The molecule has 3 rings (SSSR count). The number of hydrogen-bond donors (Lipinski definition) is 1. The molecule has 4 nitrogen and oxygen atoms in total. The average molecular weight is 292 g/mol. The van der Waals surface area contributed by atoms with Gasteiger partial charge in [-0.05, 0) is 38.5 Å². The number of aryl methyl sites for hydroxylation is 2. The van der Waals surface area contributed by atoms with Crippen LogP contribution in [-0.4, -0.2) is 15.3 Å². The zero-order chi connectivity index (χ0) is 15.5. The van der Waals surface area contributed by atoms with E-state index >= 15 is 0 Å². The van der Waals surface area contributed by atoms with Crippen LogP contribution >= 0.6 is 0 Å². The summed E-state index contributed by atoms with van der Waals surface area (Å²) in [6, 6.07) is 16.5. The summed E-state index contributed by atoms with van der Waals surface area (Å²) < 4.78 is 2.13. The maximum Gasteiger partial charge on any atom is 0.224 e. The number of nitrogens with zero attached hydrogens (tertiary/aromatic N) is 3. The lowest BCUT2D eigenvalue weighted by Crippen LogP contribution is -2.05. The molecular weight excluding hydrogens is 272 g/mol. The van der Waals surface area contributed by atoms with Crippen LogP contribution < -0.4 is 5.43 Å². The Hall–Kier alpha value is -2.62. The van der Waals surface area contributed by atoms with E-state index in [1.54, 1.807) is 0 Å². The topological polar surface area (TPSA) is 42.2 Å². The minimum Gasteiger partial charge on any atom is -0.309 e. The lowest BCUT2D eigenvalue weighted by atomic mass is 10.1. The number of benzene rings is 2. The molecule has 0 aliphatic carbocycles. The zero-order valence-corrected chi connectivity index (χ0v) is 13.2. The standard InChI is InChI=1S/C18H20N4/c1-4-22-17-8-6-5-7-16(17)19-18(22)21-20-14(3)15-11-9-13(2)10-12-15/h5-12H,4H2,1-3H3,(H,19,21)/b20-14+. The molecule has 22 heavy (non-hydrogen) atoms. The van der Waals surface area contributed by atoms with Crippen LogP contribution in [0.3, 0.4) is 0 Å². The van der Waals surface area contributed by atoms with Crippen LogP contribution in [0.5, 0.6) is 0 Å². The Morgan fingerprint density at radius 3 is 2.59 bits per heavy atom. The van der Waals surface area contributed by atoms with Gasteiger partial charge in [0.05, 0.1) is 16.7 Å². The van der Waals surface area contributed by atoms with Gasteiger partial charge in [-0.25, -0.2) is 10.4 Å². The summed E-state index contributed by atoms with van der Waals surface area (Å²) in [6.07, 6.45) is 0. The molecule has 0 unspecified atom stereocenters. The van der Waals surface area contributed by atoms with E-state index in [4.69, 9.17) is 0 Å². The van der Waals surface area contributed by atoms with Crippen molar-refractivity contribution in [3.8, 4) is 0 Å². The van der Waals surface area contributed by atoms with Crippen molar-refractivity contribution >= 4 is 22.7 Å². The second-order valence-corrected chi connectivity index (χ2v) is 5.34. The highest BCUT2D eigenvalue weighted by Gasteiger charge is 2.08. The first-order chi connectivity index (χ1) is 10.7. The Labute approximate surface area is 130 Å². The molecule has 0 atom stereocenters. The molecule has 3 aromatic rings. The van der Waals surface area contributed by atoms with Crippen molar-refractivity contribution in [3.05, 3.63) is 59.7 Å². The van der Waals surface area contributed by atoms with Gasteiger partial charge in [-0.15, -0.1) is 0 Å². The van der Waals surface area contributed by atoms with E-state index in [0.717, 1.165) is 34.8 Å². The molecule has 0 radical (unpaired) electrons. The first-order valence-corrected chi connectivity index (χ1v) is 7.51. The second-order valence-electron chi connectivity index (χ2n) is 5.34. The van der Waals surface area contributed by atoms with Crippen LogP contribution in [0, 0.1) is 6.92 Å². The SMILES string of the molecule is CCn1c(N/N=C(\C)c2ccc(C)cc2)nc2ccccc21. The van der Waals surface area contributed by atoms with Crippen molar-refractivity contribution in [1.29, 1.82) is 0 Å². The van der Waals surface area contributed by atoms with E-state index in [1.807, 2.05) is 25.1 Å². The van der Waals surface area contributed by atoms with Crippen LogP contribution in [0.4, 0.5) is 5.95 Å². The highest BCUT2D eigenvalue weighted by molar-refractivity contribution is 5.99. The molecule has 2 aromatic carbocycles. The van der Waals surface area contributed by atoms with E-state index in [9.17, 15) is 0 Å². The number of anilines is 1. The van der Waals surface area contributed by atoms with E-state index in [0.29, 0.717) is 0 Å². The van der Waals surface area contributed by atoms with Crippen LogP contribution in [0.25, 0.3) is 11.0 Å². The number of imidazole rings is 1. The van der Waals surface area contributed by atoms with Gasteiger partial charge in [0.2, 0.25) is 5.95 Å². The number of hydrazone groups is 1. The Morgan fingerprint density at radius 1 is 1.14 bits per heavy atom. The number of aromatic nitrogens is 2. The van der Waals surface area contributed by atoms with Gasteiger partial charge in [-0.1, -0.05) is 42.0 Å². The van der Waals surface area contributed by atoms with Crippen molar-refractivity contribution in [2.75, 3.05) is 5.43 Å². The quantitative estimate of drug-likeness (QED) is 0.578. The lowest BCUT2D eigenvalue weighted by Gasteiger charge is -2.06. The van der Waals surface area contributed by atoms with Crippen LogP contribution in [0.15, 0.2) is 53.6 Å². The fraction of sp³-hybridized carbons (Fsp3) is 0.222. The summed E-state index contributed by atoms with van der Waals surface area (Å²) in [5, 5.41) is 4.48. The fourth-order valence-corrected chi connectivity index (χ4v) is 2.47. The lowest BCUT2D eigenvalue weighted by molar-refractivity contribution is 0.791. The Balaban J connectivity index is 1.89. The van der Waals surface area contributed by atoms with Crippen molar-refractivity contribution in [1.82, 2.24) is 9.55 Å². The molecule has 112 valence electrons. The monoisotopic (exact) mass is 292 g/mol. The molecule has 1 heterocycles. The molecule has 0 amide bonds. The molecule has 0 fully saturated rings. The zero-order valence-electron chi connectivity index (χ0n) is 13.2. The molecule has 0 bridgehead atoms. The molecule has 4 heteroatoms. The molecule has 0 spiro atoms. The summed E-state index contributed by atoms with van der Waals surface area (Å²) >= 11 is 0. The van der Waals surface area contributed by atoms with E-state index in [1.165, 1.54) is 5.56 Å². The van der Waals surface area contributed by atoms with Gasteiger partial charge in [0.25, 0.3) is 0 Å². The van der Waals surface area contributed by atoms with Gasteiger partial charge in [0.15, 0.2) is 0 Å². The predicted molar refractivity (Wildman–Crippen MR) is 92.4 cm³/mol. The van der Waals surface area contributed by atoms with Gasteiger partial charge in [-0.2, -0.15) is 5.10 Å². The number of nitrogens with one attached hydrogen (secondary N) is 1. The van der Waals surface area contributed by atoms with Crippen molar-refractivity contribution in [2.45, 2.75) is 27.3 Å². The first-order valence-electron chi connectivity index (χ1n) is 7.51. The van der Waals surface area contributed by atoms with Gasteiger partial charge < -0.3 is 4.57 Å². The molecule has 0 saturated carbocycles. The first kappa shape index (κ1) is 14.3. The maximum absolute atomic E-state index is 4.61. The minimum atomic E-state index is 0.773. The Kier molecular flexibility index (Phi) is 3.92. The third-order valence-electron chi connectivity index (χ3n) is 3.76. The number of para-hydroxylation sites is 2. The molecule has 0 aliphatic heterocycles. The fourth-order valence-electron chi connectivity index (χ4n) is 2.47. The third-order valence-corrected chi connectivity index (χ3v) is 3.76. The largest absolute Gasteiger partial charge is 0.309 e. The third kappa shape index (κ3) is 2.72. The summed E-state index contributed by atoms with van der Waals surface area (Å²) in [6.45, 7) is 7.03. The van der Waals surface area contributed by atoms with Gasteiger partial charge in [0, 0.05) is 6.54 Å². The summed E-state index contributed by atoms with van der Waals surface area (Å²) in [5.74, 6) is 0.773. The smallest absolute Gasteiger partial charge is 0.224 e. The average Bonchev–Trinajstić information content (AvgIpc) is 2.90. The molecular formula is C18H20N4. The Bertz CT molecular complexity index is 813. The Morgan fingerprint density at radius 2 is 1.86 bits per heavy atom. The van der Waals surface area contributed by atoms with Gasteiger partial charge in [0.1, 0.15) is 0 Å². The van der Waals surface area contributed by atoms with Crippen molar-refractivity contribution < 1.29 is 0 Å². The highest BCUT2D eigenvalue weighted by atomic mass is 15.4. The number of rotatable bonds is 4. The van der Waals surface area contributed by atoms with E-state index in [-0.39, 0.29) is 0 Å². The van der Waals surface area contributed by atoms with Crippen molar-refractivity contribution in [2.24, 2.45) is 5.10 Å². The number of fused-ring (bicyclic) bond motifs is 1. The molecule has 0 saturated heterocycles.